The molecule has 0 bridgehead atoms. The number of ketones is 1. The summed E-state index contributed by atoms with van der Waals surface area (Å²) in [5, 5.41) is 0. The quantitative estimate of drug-likeness (QED) is 0.647. The van der Waals surface area contributed by atoms with E-state index in [4.69, 9.17) is 15.2 Å². The average Bonchev–Trinajstić information content (AvgIpc) is 2.36. The van der Waals surface area contributed by atoms with Crippen molar-refractivity contribution in [2.45, 2.75) is 38.8 Å². The lowest BCUT2D eigenvalue weighted by molar-refractivity contribution is -0.156. The Morgan fingerprint density at radius 2 is 1.95 bits per heavy atom. The normalized spacial score (nSPS) is 12.7. The topological polar surface area (TPSA) is 78.6 Å². The molecule has 0 saturated heterocycles. The molecule has 1 rings (SSSR count). The summed E-state index contributed by atoms with van der Waals surface area (Å²) < 4.78 is 10.9. The molecule has 0 spiro atoms. The van der Waals surface area contributed by atoms with Crippen molar-refractivity contribution >= 4 is 27.7 Å². The maximum Gasteiger partial charge on any atom is 0.323 e. The summed E-state index contributed by atoms with van der Waals surface area (Å²) in [5.41, 5.74) is 5.56. The molecule has 2 N–H and O–H groups in total. The van der Waals surface area contributed by atoms with E-state index in [-0.39, 0.29) is 12.2 Å². The van der Waals surface area contributed by atoms with E-state index in [9.17, 15) is 9.59 Å². The van der Waals surface area contributed by atoms with E-state index >= 15 is 0 Å². The van der Waals surface area contributed by atoms with E-state index in [0.717, 1.165) is 0 Å². The molecule has 1 aromatic carbocycles. The molecule has 1 aromatic rings. The number of nitrogens with two attached hydrogens (primary N) is 1. The summed E-state index contributed by atoms with van der Waals surface area (Å²) >= 11 is 3.31. The summed E-state index contributed by atoms with van der Waals surface area (Å²) in [4.78, 5) is 23.9. The van der Waals surface area contributed by atoms with Gasteiger partial charge in [-0.05, 0) is 54.9 Å². The fraction of sp³-hybridized carbons (Fsp3) is 0.467. The average molecular weight is 358 g/mol. The van der Waals surface area contributed by atoms with Gasteiger partial charge in [-0.15, -0.1) is 0 Å². The van der Waals surface area contributed by atoms with E-state index < -0.39 is 17.6 Å². The van der Waals surface area contributed by atoms with Crippen molar-refractivity contribution in [2.24, 2.45) is 5.73 Å². The van der Waals surface area contributed by atoms with E-state index in [1.807, 2.05) is 0 Å². The van der Waals surface area contributed by atoms with Crippen molar-refractivity contribution in [1.29, 1.82) is 0 Å². The molecule has 6 heteroatoms. The smallest absolute Gasteiger partial charge is 0.323 e. The van der Waals surface area contributed by atoms with Gasteiger partial charge in [0.2, 0.25) is 0 Å². The van der Waals surface area contributed by atoms with Crippen LogP contribution in [0.4, 0.5) is 0 Å². The first-order valence-corrected chi connectivity index (χ1v) is 7.28. The lowest BCUT2D eigenvalue weighted by atomic mass is 10.0. The van der Waals surface area contributed by atoms with Crippen LogP contribution in [0.15, 0.2) is 22.7 Å². The molecule has 21 heavy (non-hydrogen) atoms. The molecule has 0 aliphatic carbocycles. The molecule has 0 amide bonds. The van der Waals surface area contributed by atoms with Crippen LogP contribution < -0.4 is 10.5 Å². The number of ether oxygens (including phenoxy) is 2. The minimum absolute atomic E-state index is 0.103. The van der Waals surface area contributed by atoms with Gasteiger partial charge in [0.25, 0.3) is 0 Å². The predicted molar refractivity (Wildman–Crippen MR) is 83.5 cm³/mol. The SMILES string of the molecule is COc1ccc(C(=O)CC(N)C(=O)OC(C)(C)C)cc1Br. The minimum atomic E-state index is -0.974. The van der Waals surface area contributed by atoms with Gasteiger partial charge < -0.3 is 15.2 Å². The molecule has 0 aliphatic rings. The van der Waals surface area contributed by atoms with Crippen LogP contribution in [0.25, 0.3) is 0 Å². The summed E-state index contributed by atoms with van der Waals surface area (Å²) in [6.07, 6.45) is -0.103. The number of benzene rings is 1. The number of rotatable bonds is 5. The number of halogens is 1. The third-order valence-corrected chi connectivity index (χ3v) is 3.21. The van der Waals surface area contributed by atoms with Gasteiger partial charge in [-0.2, -0.15) is 0 Å². The Morgan fingerprint density at radius 3 is 2.43 bits per heavy atom. The Labute approximate surface area is 132 Å². The molecule has 5 nitrogen and oxygen atoms in total. The number of hydrogen-bond donors (Lipinski definition) is 1. The number of carbonyl (C=O) groups excluding carboxylic acids is 2. The maximum atomic E-state index is 12.1. The van der Waals surface area contributed by atoms with E-state index in [0.29, 0.717) is 15.8 Å². The van der Waals surface area contributed by atoms with Crippen molar-refractivity contribution in [1.82, 2.24) is 0 Å². The lowest BCUT2D eigenvalue weighted by Gasteiger charge is -2.21. The number of hydrogen-bond acceptors (Lipinski definition) is 5. The molecule has 0 saturated carbocycles. The van der Waals surface area contributed by atoms with Crippen molar-refractivity contribution < 1.29 is 19.1 Å². The third-order valence-electron chi connectivity index (χ3n) is 2.59. The fourth-order valence-corrected chi connectivity index (χ4v) is 2.16. The number of esters is 1. The molecular formula is C15H20BrNO4. The van der Waals surface area contributed by atoms with Gasteiger partial charge in [0, 0.05) is 12.0 Å². The minimum Gasteiger partial charge on any atom is -0.496 e. The first-order chi connectivity index (χ1) is 9.64. The highest BCUT2D eigenvalue weighted by molar-refractivity contribution is 9.10. The monoisotopic (exact) mass is 357 g/mol. The zero-order chi connectivity index (χ0) is 16.2. The number of Topliss-reactive ketones (excluding diaryl/α,β-unsaturated/α-hetero) is 1. The van der Waals surface area contributed by atoms with Crippen molar-refractivity contribution in [3.05, 3.63) is 28.2 Å². The number of methoxy groups -OCH3 is 1. The third kappa shape index (κ3) is 5.47. The van der Waals surface area contributed by atoms with Crippen LogP contribution in [0.1, 0.15) is 37.6 Å². The van der Waals surface area contributed by atoms with Crippen LogP contribution in [0.5, 0.6) is 5.75 Å². The van der Waals surface area contributed by atoms with Crippen molar-refractivity contribution in [2.75, 3.05) is 7.11 Å². The maximum absolute atomic E-state index is 12.1. The van der Waals surface area contributed by atoms with Gasteiger partial charge >= 0.3 is 5.97 Å². The van der Waals surface area contributed by atoms with Gasteiger partial charge in [0.1, 0.15) is 17.4 Å². The molecule has 1 atom stereocenters. The molecule has 0 fully saturated rings. The van der Waals surface area contributed by atoms with Crippen LogP contribution in [0.3, 0.4) is 0 Å². The molecule has 116 valence electrons. The van der Waals surface area contributed by atoms with Gasteiger partial charge in [0.15, 0.2) is 5.78 Å². The van der Waals surface area contributed by atoms with Crippen LogP contribution in [-0.4, -0.2) is 30.5 Å². The molecular weight excluding hydrogens is 338 g/mol. The van der Waals surface area contributed by atoms with Crippen LogP contribution in [0.2, 0.25) is 0 Å². The van der Waals surface area contributed by atoms with Gasteiger partial charge in [-0.3, -0.25) is 9.59 Å². The zero-order valence-corrected chi connectivity index (χ0v) is 14.2. The fourth-order valence-electron chi connectivity index (χ4n) is 1.62. The predicted octanol–water partition coefficient (Wildman–Crippen LogP) is 2.70. The summed E-state index contributed by atoms with van der Waals surface area (Å²) in [6.45, 7) is 5.25. The van der Waals surface area contributed by atoms with Gasteiger partial charge in [0.05, 0.1) is 11.6 Å². The van der Waals surface area contributed by atoms with Crippen molar-refractivity contribution in [3.8, 4) is 5.75 Å². The molecule has 0 aliphatic heterocycles. The van der Waals surface area contributed by atoms with Gasteiger partial charge in [-0.25, -0.2) is 0 Å². The Morgan fingerprint density at radius 1 is 1.33 bits per heavy atom. The molecule has 0 radical (unpaired) electrons. The lowest BCUT2D eigenvalue weighted by Crippen LogP contribution is -2.38. The zero-order valence-electron chi connectivity index (χ0n) is 12.6. The summed E-state index contributed by atoms with van der Waals surface area (Å²) in [5.74, 6) is -0.178. The van der Waals surface area contributed by atoms with Crippen LogP contribution in [-0.2, 0) is 9.53 Å². The highest BCUT2D eigenvalue weighted by atomic mass is 79.9. The Kier molecular flexibility index (Phi) is 5.92. The molecule has 0 heterocycles. The standard InChI is InChI=1S/C15H20BrNO4/c1-15(2,3)21-14(19)11(17)8-12(18)9-5-6-13(20-4)10(16)7-9/h5-7,11H,8,17H2,1-4H3. The molecule has 1 unspecified atom stereocenters. The first-order valence-electron chi connectivity index (χ1n) is 6.49. The van der Waals surface area contributed by atoms with E-state index in [1.54, 1.807) is 46.1 Å². The Hall–Kier alpha value is -1.40. The van der Waals surface area contributed by atoms with Gasteiger partial charge in [-0.1, -0.05) is 0 Å². The second kappa shape index (κ2) is 7.04. The van der Waals surface area contributed by atoms with Crippen LogP contribution >= 0.6 is 15.9 Å². The summed E-state index contributed by atoms with van der Waals surface area (Å²) in [6, 6.07) is 3.98. The second-order valence-corrected chi connectivity index (χ2v) is 6.47. The molecule has 0 aromatic heterocycles. The van der Waals surface area contributed by atoms with Crippen LogP contribution in [0, 0.1) is 0 Å². The highest BCUT2D eigenvalue weighted by Gasteiger charge is 2.24. The Balaban J connectivity index is 2.72. The number of carbonyl (C=O) groups is 2. The second-order valence-electron chi connectivity index (χ2n) is 5.62. The first kappa shape index (κ1) is 17.7. The highest BCUT2D eigenvalue weighted by Crippen LogP contribution is 2.26. The Bertz CT molecular complexity index is 537. The summed E-state index contributed by atoms with van der Waals surface area (Å²) in [7, 11) is 1.54. The largest absolute Gasteiger partial charge is 0.496 e. The van der Waals surface area contributed by atoms with E-state index in [2.05, 4.69) is 15.9 Å². The van der Waals surface area contributed by atoms with Crippen molar-refractivity contribution in [3.63, 3.8) is 0 Å². The van der Waals surface area contributed by atoms with E-state index in [1.165, 1.54) is 0 Å².